The number of carbonyl (C=O) groups is 2. The zero-order valence-corrected chi connectivity index (χ0v) is 19.7. The van der Waals surface area contributed by atoms with Crippen LogP contribution in [0.15, 0.2) is 24.3 Å². The highest BCUT2D eigenvalue weighted by Gasteiger charge is 2.61. The largest absolute Gasteiger partial charge is 0.493 e. The standard InChI is InChI=1S/C24H26O10/c1-27-13-9-7-11(19(29-3)21(13)31-5)17-15-16(24(26)33-17)18(34-23(15)25)12-8-10-14(28-2)22(32-6)20(12)30-4/h7-10,15-18H,1-6H3/t15-,16-,17+,18+/m1/s1. The van der Waals surface area contributed by atoms with E-state index in [0.29, 0.717) is 45.6 Å². The Bertz CT molecular complexity index is 1020. The molecule has 2 aliphatic rings. The lowest BCUT2D eigenvalue weighted by Crippen LogP contribution is -2.20. The van der Waals surface area contributed by atoms with Gasteiger partial charge < -0.3 is 37.9 Å². The van der Waals surface area contributed by atoms with Crippen molar-refractivity contribution in [2.24, 2.45) is 11.8 Å². The zero-order valence-electron chi connectivity index (χ0n) is 19.7. The van der Waals surface area contributed by atoms with Gasteiger partial charge in [0.25, 0.3) is 0 Å². The van der Waals surface area contributed by atoms with Crippen LogP contribution in [0.25, 0.3) is 0 Å². The molecule has 0 aromatic heterocycles. The summed E-state index contributed by atoms with van der Waals surface area (Å²) < 4.78 is 44.1. The molecule has 4 rings (SSSR count). The van der Waals surface area contributed by atoms with Crippen molar-refractivity contribution in [3.63, 3.8) is 0 Å². The molecule has 2 aromatic carbocycles. The maximum absolute atomic E-state index is 13.1. The van der Waals surface area contributed by atoms with Crippen LogP contribution in [-0.2, 0) is 19.1 Å². The SMILES string of the molecule is COc1ccc([C@@H]2OC(=O)[C@@H]3[C@H]2C(=O)O[C@H]3c2ccc(OC)c(OC)c2OC)c(OC)c1OC. The molecule has 0 saturated carbocycles. The second-order valence-corrected chi connectivity index (χ2v) is 7.61. The highest BCUT2D eigenvalue weighted by molar-refractivity contribution is 5.90. The van der Waals surface area contributed by atoms with E-state index in [1.807, 2.05) is 0 Å². The third kappa shape index (κ3) is 3.41. The Kier molecular flexibility index (Phi) is 6.32. The lowest BCUT2D eigenvalue weighted by atomic mass is 9.83. The first kappa shape index (κ1) is 23.3. The molecule has 0 aliphatic carbocycles. The number of ether oxygens (including phenoxy) is 8. The molecule has 0 spiro atoms. The number of carbonyl (C=O) groups excluding carboxylic acids is 2. The second-order valence-electron chi connectivity index (χ2n) is 7.61. The number of fused-ring (bicyclic) bond motifs is 1. The van der Waals surface area contributed by atoms with Gasteiger partial charge in [-0.05, 0) is 24.3 Å². The normalized spacial score (nSPS) is 23.0. The predicted molar refractivity (Wildman–Crippen MR) is 117 cm³/mol. The Hall–Kier alpha value is -3.82. The van der Waals surface area contributed by atoms with Gasteiger partial charge in [0.05, 0.1) is 42.7 Å². The Morgan fingerprint density at radius 3 is 1.18 bits per heavy atom. The predicted octanol–water partition coefficient (Wildman–Crippen LogP) is 2.87. The van der Waals surface area contributed by atoms with Crippen molar-refractivity contribution in [3.8, 4) is 34.5 Å². The van der Waals surface area contributed by atoms with Gasteiger partial charge in [-0.15, -0.1) is 0 Å². The quantitative estimate of drug-likeness (QED) is 0.530. The van der Waals surface area contributed by atoms with E-state index in [1.54, 1.807) is 24.3 Å². The second kappa shape index (κ2) is 9.20. The molecule has 182 valence electrons. The molecule has 0 amide bonds. The van der Waals surface area contributed by atoms with E-state index in [1.165, 1.54) is 42.7 Å². The zero-order chi connectivity index (χ0) is 24.6. The summed E-state index contributed by atoms with van der Waals surface area (Å²) in [6, 6.07) is 6.68. The smallest absolute Gasteiger partial charge is 0.314 e. The fraction of sp³-hybridized carbons (Fsp3) is 0.417. The fourth-order valence-electron chi connectivity index (χ4n) is 4.68. The van der Waals surface area contributed by atoms with Gasteiger partial charge in [0.1, 0.15) is 24.0 Å². The van der Waals surface area contributed by atoms with E-state index in [0.717, 1.165) is 0 Å². The van der Waals surface area contributed by atoms with E-state index >= 15 is 0 Å². The van der Waals surface area contributed by atoms with E-state index in [9.17, 15) is 9.59 Å². The van der Waals surface area contributed by atoms with Crippen LogP contribution >= 0.6 is 0 Å². The Morgan fingerprint density at radius 2 is 0.882 bits per heavy atom. The monoisotopic (exact) mass is 474 g/mol. The van der Waals surface area contributed by atoms with Crippen molar-refractivity contribution < 1.29 is 47.5 Å². The average molecular weight is 474 g/mol. The first-order chi connectivity index (χ1) is 16.4. The number of cyclic esters (lactones) is 2. The molecule has 10 heteroatoms. The van der Waals surface area contributed by atoms with Crippen molar-refractivity contribution in [2.45, 2.75) is 12.2 Å². The van der Waals surface area contributed by atoms with Crippen LogP contribution in [0.5, 0.6) is 34.5 Å². The van der Waals surface area contributed by atoms with Crippen molar-refractivity contribution in [1.29, 1.82) is 0 Å². The van der Waals surface area contributed by atoms with Crippen LogP contribution in [0.1, 0.15) is 23.3 Å². The van der Waals surface area contributed by atoms with Gasteiger partial charge in [-0.1, -0.05) is 0 Å². The van der Waals surface area contributed by atoms with Gasteiger partial charge in [0, 0.05) is 11.1 Å². The minimum atomic E-state index is -0.934. The van der Waals surface area contributed by atoms with Gasteiger partial charge in [0.15, 0.2) is 23.0 Å². The molecule has 2 heterocycles. The van der Waals surface area contributed by atoms with E-state index in [4.69, 9.17) is 37.9 Å². The number of methoxy groups -OCH3 is 6. The summed E-state index contributed by atoms with van der Waals surface area (Å²) in [5.74, 6) is -0.807. The molecular weight excluding hydrogens is 448 g/mol. The third-order valence-electron chi connectivity index (χ3n) is 6.15. The lowest BCUT2D eigenvalue weighted by Gasteiger charge is -2.21. The molecule has 0 radical (unpaired) electrons. The summed E-state index contributed by atoms with van der Waals surface area (Å²) in [7, 11) is 8.85. The van der Waals surface area contributed by atoms with Crippen LogP contribution < -0.4 is 28.4 Å². The molecule has 2 fully saturated rings. The number of esters is 2. The van der Waals surface area contributed by atoms with Crippen LogP contribution in [0, 0.1) is 11.8 Å². The summed E-state index contributed by atoms with van der Waals surface area (Å²) in [5.41, 5.74) is 0.941. The molecule has 4 atom stereocenters. The summed E-state index contributed by atoms with van der Waals surface area (Å²) >= 11 is 0. The van der Waals surface area contributed by atoms with E-state index < -0.39 is 36.0 Å². The summed E-state index contributed by atoms with van der Waals surface area (Å²) in [6.45, 7) is 0. The summed E-state index contributed by atoms with van der Waals surface area (Å²) in [4.78, 5) is 26.2. The van der Waals surface area contributed by atoms with Crippen molar-refractivity contribution in [1.82, 2.24) is 0 Å². The molecule has 0 N–H and O–H groups in total. The molecule has 2 aromatic rings. The van der Waals surface area contributed by atoms with Gasteiger partial charge in [0.2, 0.25) is 11.5 Å². The first-order valence-corrected chi connectivity index (χ1v) is 10.4. The van der Waals surface area contributed by atoms with Gasteiger partial charge in [-0.2, -0.15) is 0 Å². The van der Waals surface area contributed by atoms with Crippen LogP contribution in [-0.4, -0.2) is 54.6 Å². The molecule has 2 aliphatic heterocycles. The minimum Gasteiger partial charge on any atom is -0.493 e. The van der Waals surface area contributed by atoms with Crippen molar-refractivity contribution in [3.05, 3.63) is 35.4 Å². The topological polar surface area (TPSA) is 108 Å². The Morgan fingerprint density at radius 1 is 0.529 bits per heavy atom. The minimum absolute atomic E-state index is 0.306. The van der Waals surface area contributed by atoms with E-state index in [-0.39, 0.29) is 0 Å². The summed E-state index contributed by atoms with van der Waals surface area (Å²) in [6.07, 6.45) is -1.87. The fourth-order valence-corrected chi connectivity index (χ4v) is 4.68. The Labute approximate surface area is 196 Å². The lowest BCUT2D eigenvalue weighted by molar-refractivity contribution is -0.155. The molecule has 2 saturated heterocycles. The highest BCUT2D eigenvalue weighted by Crippen LogP contribution is 2.57. The number of benzene rings is 2. The van der Waals surface area contributed by atoms with Gasteiger partial charge >= 0.3 is 11.9 Å². The van der Waals surface area contributed by atoms with Crippen LogP contribution in [0.2, 0.25) is 0 Å². The van der Waals surface area contributed by atoms with Crippen LogP contribution in [0.4, 0.5) is 0 Å². The molecule has 0 unspecified atom stereocenters. The van der Waals surface area contributed by atoms with Crippen molar-refractivity contribution in [2.75, 3.05) is 42.7 Å². The molecule has 0 bridgehead atoms. The first-order valence-electron chi connectivity index (χ1n) is 10.4. The third-order valence-corrected chi connectivity index (χ3v) is 6.15. The van der Waals surface area contributed by atoms with Crippen LogP contribution in [0.3, 0.4) is 0 Å². The number of hydrogen-bond acceptors (Lipinski definition) is 10. The van der Waals surface area contributed by atoms with E-state index in [2.05, 4.69) is 0 Å². The molecular formula is C24H26O10. The highest BCUT2D eigenvalue weighted by atomic mass is 16.6. The van der Waals surface area contributed by atoms with Gasteiger partial charge in [-0.3, -0.25) is 9.59 Å². The maximum atomic E-state index is 13.1. The maximum Gasteiger partial charge on any atom is 0.314 e. The Balaban J connectivity index is 1.78. The number of hydrogen-bond donors (Lipinski definition) is 0. The average Bonchev–Trinajstić information content (AvgIpc) is 3.39. The molecule has 34 heavy (non-hydrogen) atoms. The summed E-state index contributed by atoms with van der Waals surface area (Å²) in [5, 5.41) is 0. The number of rotatable bonds is 8. The molecule has 10 nitrogen and oxygen atoms in total. The van der Waals surface area contributed by atoms with Crippen molar-refractivity contribution >= 4 is 11.9 Å². The van der Waals surface area contributed by atoms with Gasteiger partial charge in [-0.25, -0.2) is 0 Å².